The van der Waals surface area contributed by atoms with Crippen LogP contribution in [0.25, 0.3) is 0 Å². The quantitative estimate of drug-likeness (QED) is 0.461. The number of nitrogens with zero attached hydrogens (tertiary/aromatic N) is 6. The first kappa shape index (κ1) is 23.9. The number of benzene rings is 1. The number of morpholine rings is 1. The number of β-amino-alcohol motifs (C(OH)–C–C–N with tert-alkyl or cyclic N) is 1. The molecule has 1 aromatic carbocycles. The molecule has 2 aromatic rings. The smallest absolute Gasteiger partial charge is 0.261 e. The first-order valence-electron chi connectivity index (χ1n) is 11.7. The van der Waals surface area contributed by atoms with Crippen molar-refractivity contribution < 1.29 is 24.1 Å². The van der Waals surface area contributed by atoms with Crippen molar-refractivity contribution in [2.75, 3.05) is 65.4 Å². The minimum atomic E-state index is -0.681. The number of anilines is 1. The van der Waals surface area contributed by atoms with Crippen molar-refractivity contribution in [3.05, 3.63) is 35.7 Å². The zero-order chi connectivity index (χ0) is 25.1. The first-order valence-corrected chi connectivity index (χ1v) is 11.7. The van der Waals surface area contributed by atoms with Crippen LogP contribution in [0, 0.1) is 0 Å². The van der Waals surface area contributed by atoms with Gasteiger partial charge >= 0.3 is 0 Å². The molecule has 3 aliphatic rings. The van der Waals surface area contributed by atoms with Gasteiger partial charge in [0, 0.05) is 44.1 Å². The molecular weight excluding hydrogens is 468 g/mol. The third-order valence-corrected chi connectivity index (χ3v) is 6.02. The molecule has 0 spiro atoms. The average molecular weight is 497 g/mol. The Morgan fingerprint density at radius 3 is 2.78 bits per heavy atom. The van der Waals surface area contributed by atoms with Crippen LogP contribution in [0.3, 0.4) is 0 Å². The highest BCUT2D eigenvalue weighted by molar-refractivity contribution is 6.20. The normalized spacial score (nSPS) is 18.0. The summed E-state index contributed by atoms with van der Waals surface area (Å²) < 4.78 is 17.0. The lowest BCUT2D eigenvalue weighted by molar-refractivity contribution is 0.00446. The standard InChI is InChI=1S/C23H28N8O5/c1-34-19-17(36-13-15(32)12-30-6-8-35-9-7-30)3-2-16-18(19)28-23(31-5-4-25-20(16)31)29-21(33)14-10-26-22(24)27-11-14/h2-3,10-11,15,32H,4-9,12-13H2,1H3,(H2,24,26,27)(H,28,29,33)/t15-/m1/s1. The summed E-state index contributed by atoms with van der Waals surface area (Å²) in [4.78, 5) is 33.8. The molecule has 3 aliphatic heterocycles. The lowest BCUT2D eigenvalue weighted by Gasteiger charge is -2.29. The number of aliphatic hydroxyl groups excluding tert-OH is 1. The molecule has 1 amide bonds. The molecule has 0 saturated carbocycles. The summed E-state index contributed by atoms with van der Waals surface area (Å²) in [6.07, 6.45) is 2.02. The summed E-state index contributed by atoms with van der Waals surface area (Å²) in [7, 11) is 1.52. The largest absolute Gasteiger partial charge is 0.491 e. The maximum Gasteiger partial charge on any atom is 0.261 e. The Morgan fingerprint density at radius 1 is 1.25 bits per heavy atom. The van der Waals surface area contributed by atoms with Gasteiger partial charge in [-0.25, -0.2) is 15.0 Å². The molecule has 190 valence electrons. The molecule has 1 fully saturated rings. The van der Waals surface area contributed by atoms with E-state index in [1.54, 1.807) is 6.07 Å². The predicted molar refractivity (Wildman–Crippen MR) is 131 cm³/mol. The van der Waals surface area contributed by atoms with Gasteiger partial charge in [0.05, 0.1) is 32.4 Å². The van der Waals surface area contributed by atoms with Gasteiger partial charge in [-0.15, -0.1) is 0 Å². The SMILES string of the molecule is COc1c(OC[C@H](O)CN2CCOCC2)ccc2c1N=C(NC(=O)c1cnc(N)nc1)N1CCN=C21. The van der Waals surface area contributed by atoms with Crippen LogP contribution in [-0.4, -0.2) is 108 Å². The second kappa shape index (κ2) is 10.4. The van der Waals surface area contributed by atoms with Gasteiger partial charge in [0.15, 0.2) is 11.5 Å². The van der Waals surface area contributed by atoms with E-state index in [0.717, 1.165) is 18.7 Å². The molecule has 1 saturated heterocycles. The lowest BCUT2D eigenvalue weighted by Crippen LogP contribution is -2.47. The van der Waals surface area contributed by atoms with Crippen molar-refractivity contribution in [1.82, 2.24) is 25.1 Å². The fourth-order valence-electron chi connectivity index (χ4n) is 4.25. The molecule has 0 bridgehead atoms. The first-order chi connectivity index (χ1) is 17.5. The topological polar surface area (TPSA) is 160 Å². The Labute approximate surface area is 207 Å². The predicted octanol–water partition coefficient (Wildman–Crippen LogP) is -0.367. The van der Waals surface area contributed by atoms with E-state index in [1.165, 1.54) is 19.5 Å². The number of amides is 1. The Morgan fingerprint density at radius 2 is 2.03 bits per heavy atom. The Kier molecular flexibility index (Phi) is 6.93. The van der Waals surface area contributed by atoms with Gasteiger partial charge in [0.1, 0.15) is 24.2 Å². The molecule has 0 unspecified atom stereocenters. The van der Waals surface area contributed by atoms with Crippen molar-refractivity contribution in [3.8, 4) is 11.5 Å². The maximum atomic E-state index is 12.8. The molecule has 5 rings (SSSR count). The number of methoxy groups -OCH3 is 1. The Bertz CT molecular complexity index is 1180. The van der Waals surface area contributed by atoms with E-state index in [-0.39, 0.29) is 18.1 Å². The third kappa shape index (κ3) is 4.94. The van der Waals surface area contributed by atoms with Gasteiger partial charge in [-0.05, 0) is 12.1 Å². The van der Waals surface area contributed by atoms with Crippen LogP contribution in [-0.2, 0) is 4.74 Å². The highest BCUT2D eigenvalue weighted by Gasteiger charge is 2.33. The van der Waals surface area contributed by atoms with Crippen molar-refractivity contribution in [1.29, 1.82) is 0 Å². The number of hydrogen-bond donors (Lipinski definition) is 3. The minimum Gasteiger partial charge on any atom is -0.491 e. The van der Waals surface area contributed by atoms with Crippen LogP contribution < -0.4 is 20.5 Å². The maximum absolute atomic E-state index is 12.8. The molecule has 0 radical (unpaired) electrons. The van der Waals surface area contributed by atoms with Crippen LogP contribution in [0.1, 0.15) is 15.9 Å². The number of nitrogen functional groups attached to an aromatic ring is 1. The summed E-state index contributed by atoms with van der Waals surface area (Å²) in [5.41, 5.74) is 7.01. The van der Waals surface area contributed by atoms with Crippen LogP contribution in [0.4, 0.5) is 11.6 Å². The second-order valence-corrected chi connectivity index (χ2v) is 8.45. The van der Waals surface area contributed by atoms with Crippen molar-refractivity contribution in [2.45, 2.75) is 6.10 Å². The zero-order valence-electron chi connectivity index (χ0n) is 19.9. The van der Waals surface area contributed by atoms with E-state index in [1.807, 2.05) is 11.0 Å². The fraction of sp³-hybridized carbons (Fsp3) is 0.435. The van der Waals surface area contributed by atoms with Gasteiger partial charge in [0.2, 0.25) is 11.9 Å². The molecule has 36 heavy (non-hydrogen) atoms. The molecule has 13 heteroatoms. The van der Waals surface area contributed by atoms with Crippen molar-refractivity contribution >= 4 is 29.3 Å². The number of aliphatic hydroxyl groups is 1. The molecule has 1 aromatic heterocycles. The number of aliphatic imine (C=N–C) groups is 2. The van der Waals surface area contributed by atoms with Gasteiger partial charge in [0.25, 0.3) is 5.91 Å². The van der Waals surface area contributed by atoms with Gasteiger partial charge in [-0.3, -0.25) is 24.9 Å². The van der Waals surface area contributed by atoms with Crippen LogP contribution in [0.15, 0.2) is 34.5 Å². The molecule has 1 atom stereocenters. The molecule has 4 N–H and O–H groups in total. The lowest BCUT2D eigenvalue weighted by atomic mass is 10.1. The van der Waals surface area contributed by atoms with E-state index in [0.29, 0.717) is 61.8 Å². The fourth-order valence-corrected chi connectivity index (χ4v) is 4.25. The number of carbonyl (C=O) groups is 1. The van der Waals surface area contributed by atoms with Gasteiger partial charge in [-0.1, -0.05) is 0 Å². The molecule has 0 aliphatic carbocycles. The van der Waals surface area contributed by atoms with E-state index in [2.05, 4.69) is 25.2 Å². The molecular formula is C23H28N8O5. The number of fused-ring (bicyclic) bond motifs is 3. The van der Waals surface area contributed by atoms with E-state index in [4.69, 9.17) is 24.9 Å². The van der Waals surface area contributed by atoms with Crippen LogP contribution in [0.2, 0.25) is 0 Å². The summed E-state index contributed by atoms with van der Waals surface area (Å²) >= 11 is 0. The Hall–Kier alpha value is -3.81. The monoisotopic (exact) mass is 496 g/mol. The van der Waals surface area contributed by atoms with Crippen LogP contribution in [0.5, 0.6) is 11.5 Å². The summed E-state index contributed by atoms with van der Waals surface area (Å²) in [6.45, 7) is 4.59. The average Bonchev–Trinajstić information content (AvgIpc) is 3.39. The summed E-state index contributed by atoms with van der Waals surface area (Å²) in [6, 6.07) is 3.64. The van der Waals surface area contributed by atoms with E-state index >= 15 is 0 Å². The van der Waals surface area contributed by atoms with Crippen molar-refractivity contribution in [3.63, 3.8) is 0 Å². The summed E-state index contributed by atoms with van der Waals surface area (Å²) in [5, 5.41) is 13.3. The number of nitrogens with two attached hydrogens (primary N) is 1. The molecule has 13 nitrogen and oxygen atoms in total. The summed E-state index contributed by atoms with van der Waals surface area (Å²) in [5.74, 6) is 1.47. The van der Waals surface area contributed by atoms with Gasteiger partial charge in [-0.2, -0.15) is 0 Å². The third-order valence-electron chi connectivity index (χ3n) is 6.02. The zero-order valence-corrected chi connectivity index (χ0v) is 19.9. The number of ether oxygens (including phenoxy) is 3. The highest BCUT2D eigenvalue weighted by Crippen LogP contribution is 2.43. The molecule has 4 heterocycles. The number of nitrogens with one attached hydrogen (secondary N) is 1. The number of aromatic nitrogens is 2. The number of rotatable bonds is 7. The van der Waals surface area contributed by atoms with E-state index in [9.17, 15) is 9.90 Å². The number of amidine groups is 1. The van der Waals surface area contributed by atoms with Crippen LogP contribution >= 0.6 is 0 Å². The Balaban J connectivity index is 1.37. The number of guanidine groups is 1. The van der Waals surface area contributed by atoms with Gasteiger partial charge < -0.3 is 25.1 Å². The number of hydrogen-bond acceptors (Lipinski definition) is 12. The highest BCUT2D eigenvalue weighted by atomic mass is 16.5. The second-order valence-electron chi connectivity index (χ2n) is 8.45. The van der Waals surface area contributed by atoms with Crippen molar-refractivity contribution in [2.24, 2.45) is 9.98 Å². The van der Waals surface area contributed by atoms with E-state index < -0.39 is 12.0 Å². The minimum absolute atomic E-state index is 0.0803. The number of carbonyl (C=O) groups excluding carboxylic acids is 1.